The molecule has 1 aliphatic heterocycles. The molecular formula is C27H27N5O3. The second kappa shape index (κ2) is 10.1. The van der Waals surface area contributed by atoms with Crippen LogP contribution in [0.5, 0.6) is 11.8 Å². The topological polar surface area (TPSA) is 91.4 Å². The zero-order valence-electron chi connectivity index (χ0n) is 19.5. The Morgan fingerprint density at radius 2 is 1.91 bits per heavy atom. The predicted octanol–water partition coefficient (Wildman–Crippen LogP) is 3.64. The third-order valence-electron chi connectivity index (χ3n) is 6.47. The lowest BCUT2D eigenvalue weighted by Gasteiger charge is -2.41. The van der Waals surface area contributed by atoms with E-state index < -0.39 is 0 Å². The van der Waals surface area contributed by atoms with E-state index in [4.69, 9.17) is 4.74 Å². The number of fused-ring (bicyclic) bond motifs is 1. The van der Waals surface area contributed by atoms with E-state index in [2.05, 4.69) is 43.9 Å². The number of benzene rings is 2. The van der Waals surface area contributed by atoms with Crippen molar-refractivity contribution in [1.29, 1.82) is 0 Å². The number of aromatic nitrogens is 3. The summed E-state index contributed by atoms with van der Waals surface area (Å²) >= 11 is 0. The molecule has 8 nitrogen and oxygen atoms in total. The van der Waals surface area contributed by atoms with Gasteiger partial charge in [0.1, 0.15) is 12.0 Å². The number of likely N-dealkylation sites (tertiary alicyclic amines) is 1. The summed E-state index contributed by atoms with van der Waals surface area (Å²) in [6.45, 7) is 2.49. The van der Waals surface area contributed by atoms with Crippen LogP contribution in [0.25, 0.3) is 10.9 Å². The number of hydrogen-bond acceptors (Lipinski definition) is 7. The second-order valence-electron chi connectivity index (χ2n) is 8.94. The van der Waals surface area contributed by atoms with E-state index in [9.17, 15) is 9.59 Å². The van der Waals surface area contributed by atoms with Gasteiger partial charge in [-0.25, -0.2) is 0 Å². The molecule has 1 N–H and O–H groups in total. The molecule has 1 fully saturated rings. The van der Waals surface area contributed by atoms with Crippen LogP contribution < -0.4 is 15.2 Å². The van der Waals surface area contributed by atoms with Crippen LogP contribution in [0.2, 0.25) is 0 Å². The highest BCUT2D eigenvalue weighted by molar-refractivity contribution is 5.76. The van der Waals surface area contributed by atoms with Gasteiger partial charge in [0.15, 0.2) is 0 Å². The summed E-state index contributed by atoms with van der Waals surface area (Å²) in [4.78, 5) is 39.5. The third kappa shape index (κ3) is 5.22. The summed E-state index contributed by atoms with van der Waals surface area (Å²) in [5.74, 6) is 0.571. The molecule has 2 unspecified atom stereocenters. The molecule has 5 rings (SSSR count). The van der Waals surface area contributed by atoms with Crippen LogP contribution in [0, 0.1) is 5.92 Å². The smallest absolute Gasteiger partial charge is 0.302 e. The number of H-pyrrole nitrogens is 1. The summed E-state index contributed by atoms with van der Waals surface area (Å²) in [7, 11) is 2.06. The van der Waals surface area contributed by atoms with Crippen molar-refractivity contribution in [3.8, 4) is 11.8 Å². The number of pyridine rings is 1. The Balaban J connectivity index is 1.28. The average Bonchev–Trinajstić information content (AvgIpc) is 2.89. The molecule has 0 saturated carbocycles. The fourth-order valence-electron chi connectivity index (χ4n) is 4.64. The first-order valence-corrected chi connectivity index (χ1v) is 11.7. The van der Waals surface area contributed by atoms with Crippen LogP contribution in [0.1, 0.15) is 12.0 Å². The molecule has 0 aliphatic carbocycles. The number of piperidine rings is 1. The largest absolute Gasteiger partial charge is 0.426 e. The normalized spacial score (nSPS) is 18.3. The minimum absolute atomic E-state index is 0.00723. The summed E-state index contributed by atoms with van der Waals surface area (Å²) in [5, 5.41) is 0.465. The number of hydrogen-bond donors (Lipinski definition) is 1. The van der Waals surface area contributed by atoms with Crippen LogP contribution >= 0.6 is 0 Å². The monoisotopic (exact) mass is 469 g/mol. The van der Waals surface area contributed by atoms with Gasteiger partial charge in [-0.2, -0.15) is 4.98 Å². The van der Waals surface area contributed by atoms with Crippen molar-refractivity contribution in [2.45, 2.75) is 19.0 Å². The highest BCUT2D eigenvalue weighted by atomic mass is 16.5. The molecule has 2 aromatic carbocycles. The highest BCUT2D eigenvalue weighted by Crippen LogP contribution is 2.27. The van der Waals surface area contributed by atoms with E-state index >= 15 is 0 Å². The van der Waals surface area contributed by atoms with Gasteiger partial charge in [0.05, 0.1) is 17.1 Å². The van der Waals surface area contributed by atoms with Gasteiger partial charge < -0.3 is 14.4 Å². The summed E-state index contributed by atoms with van der Waals surface area (Å²) in [6.07, 6.45) is 4.99. The van der Waals surface area contributed by atoms with Crippen molar-refractivity contribution >= 4 is 22.9 Å². The van der Waals surface area contributed by atoms with E-state index in [1.54, 1.807) is 12.3 Å². The van der Waals surface area contributed by atoms with Gasteiger partial charge in [-0.1, -0.05) is 30.3 Å². The summed E-state index contributed by atoms with van der Waals surface area (Å²) in [6, 6.07) is 19.9. The maximum Gasteiger partial charge on any atom is 0.302 e. The van der Waals surface area contributed by atoms with Crippen molar-refractivity contribution < 1.29 is 9.53 Å². The first-order valence-electron chi connectivity index (χ1n) is 11.7. The van der Waals surface area contributed by atoms with E-state index in [-0.39, 0.29) is 23.5 Å². The molecule has 2 aromatic heterocycles. The summed E-state index contributed by atoms with van der Waals surface area (Å²) < 4.78 is 5.80. The lowest BCUT2D eigenvalue weighted by atomic mass is 9.93. The predicted molar refractivity (Wildman–Crippen MR) is 135 cm³/mol. The molecule has 4 aromatic rings. The van der Waals surface area contributed by atoms with Crippen LogP contribution in [0.15, 0.2) is 77.9 Å². The molecule has 1 saturated heterocycles. The average molecular weight is 470 g/mol. The maximum atomic E-state index is 12.3. The Morgan fingerprint density at radius 3 is 2.69 bits per heavy atom. The van der Waals surface area contributed by atoms with E-state index in [0.717, 1.165) is 38.0 Å². The lowest BCUT2D eigenvalue weighted by Crippen LogP contribution is -2.50. The van der Waals surface area contributed by atoms with Crippen LogP contribution in [0.4, 0.5) is 5.69 Å². The Labute approximate surface area is 203 Å². The van der Waals surface area contributed by atoms with E-state index in [1.807, 2.05) is 42.5 Å². The number of ether oxygens (including phenoxy) is 1. The number of rotatable bonds is 7. The maximum absolute atomic E-state index is 12.3. The fraction of sp³-hybridized carbons (Fsp3) is 0.259. The first kappa shape index (κ1) is 22.7. The molecule has 2 atom stereocenters. The number of carbonyl (C=O) groups excluding carboxylic acids is 1. The third-order valence-corrected chi connectivity index (χ3v) is 6.47. The van der Waals surface area contributed by atoms with Crippen LogP contribution in [-0.4, -0.2) is 52.3 Å². The lowest BCUT2D eigenvalue weighted by molar-refractivity contribution is -0.112. The molecular weight excluding hydrogens is 442 g/mol. The zero-order chi connectivity index (χ0) is 24.2. The summed E-state index contributed by atoms with van der Waals surface area (Å²) in [5.41, 5.74) is 2.48. The van der Waals surface area contributed by atoms with Gasteiger partial charge >= 0.3 is 6.01 Å². The van der Waals surface area contributed by atoms with Crippen molar-refractivity contribution in [2.75, 3.05) is 25.0 Å². The Bertz CT molecular complexity index is 1360. The number of carbonyl (C=O) groups is 1. The molecule has 178 valence electrons. The molecule has 8 heteroatoms. The number of likely N-dealkylation sites (N-methyl/N-ethyl adjacent to an activating group) is 1. The Morgan fingerprint density at radius 1 is 1.11 bits per heavy atom. The van der Waals surface area contributed by atoms with Gasteiger partial charge in [0, 0.05) is 50.5 Å². The number of nitrogens with zero attached hydrogens (tertiary/aromatic N) is 4. The fourth-order valence-corrected chi connectivity index (χ4v) is 4.64. The van der Waals surface area contributed by atoms with Crippen molar-refractivity contribution in [3.05, 3.63) is 89.0 Å². The van der Waals surface area contributed by atoms with Crippen LogP contribution in [-0.2, 0) is 11.3 Å². The molecule has 3 heterocycles. The molecule has 0 radical (unpaired) electrons. The van der Waals surface area contributed by atoms with E-state index in [0.29, 0.717) is 16.7 Å². The number of aldehydes is 1. The zero-order valence-corrected chi connectivity index (χ0v) is 19.5. The van der Waals surface area contributed by atoms with Gasteiger partial charge in [-0.05, 0) is 42.3 Å². The van der Waals surface area contributed by atoms with Gasteiger partial charge in [-0.15, -0.1) is 0 Å². The quantitative estimate of drug-likeness (QED) is 0.413. The number of aromatic amines is 1. The van der Waals surface area contributed by atoms with E-state index in [1.165, 1.54) is 11.8 Å². The van der Waals surface area contributed by atoms with Gasteiger partial charge in [0.25, 0.3) is 5.56 Å². The standard InChI is InChI=1S/C27H27N5O3/c1-31(22-13-20(18-33)16-32(17-22)15-19-5-3-2-4-6-19)21-7-9-23(10-8-21)35-27-29-25-14-28-12-11-24(25)26(34)30-27/h2-12,14,18,20,22H,13,15-17H2,1H3,(H,29,30,34). The molecule has 1 aliphatic rings. The van der Waals surface area contributed by atoms with Gasteiger partial charge in [-0.3, -0.25) is 19.7 Å². The number of nitrogens with one attached hydrogen (secondary N) is 1. The number of anilines is 1. The highest BCUT2D eigenvalue weighted by Gasteiger charge is 2.29. The molecule has 35 heavy (non-hydrogen) atoms. The second-order valence-corrected chi connectivity index (χ2v) is 8.94. The molecule has 0 amide bonds. The van der Waals surface area contributed by atoms with Crippen molar-refractivity contribution in [2.24, 2.45) is 5.92 Å². The first-order chi connectivity index (χ1) is 17.1. The van der Waals surface area contributed by atoms with Gasteiger partial charge in [0.2, 0.25) is 0 Å². The minimum Gasteiger partial charge on any atom is -0.426 e. The van der Waals surface area contributed by atoms with Crippen molar-refractivity contribution in [1.82, 2.24) is 19.9 Å². The molecule has 0 bridgehead atoms. The Kier molecular flexibility index (Phi) is 6.54. The SMILES string of the molecule is CN(c1ccc(Oc2nc3cnccc3c(=O)[nH]2)cc1)C1CC(C=O)CN(Cc2ccccc2)C1. The molecule has 0 spiro atoms. The Hall–Kier alpha value is -4.04. The van der Waals surface area contributed by atoms with Crippen molar-refractivity contribution in [3.63, 3.8) is 0 Å². The minimum atomic E-state index is -0.272. The van der Waals surface area contributed by atoms with Crippen LogP contribution in [0.3, 0.4) is 0 Å².